The van der Waals surface area contributed by atoms with Crippen LogP contribution >= 0.6 is 0 Å². The van der Waals surface area contributed by atoms with Gasteiger partial charge in [-0.2, -0.15) is 0 Å². The van der Waals surface area contributed by atoms with Gasteiger partial charge in [0.05, 0.1) is 17.1 Å². The maximum atomic E-state index is 14.2. The molecule has 1 aliphatic rings. The Morgan fingerprint density at radius 2 is 1.90 bits per heavy atom. The minimum Gasteiger partial charge on any atom is -0.508 e. The number of pyridine rings is 1. The van der Waals surface area contributed by atoms with E-state index in [1.165, 1.54) is 18.2 Å². The summed E-state index contributed by atoms with van der Waals surface area (Å²) in [6, 6.07) is 6.06. The number of aromatic hydroxyl groups is 1. The summed E-state index contributed by atoms with van der Waals surface area (Å²) in [6.07, 6.45) is 2.42. The van der Waals surface area contributed by atoms with Crippen LogP contribution in [0.1, 0.15) is 37.3 Å². The first kappa shape index (κ1) is 13.8. The Kier molecular flexibility index (Phi) is 3.49. The number of rotatable bonds is 2. The molecule has 0 aliphatic heterocycles. The van der Waals surface area contributed by atoms with Gasteiger partial charge in [-0.15, -0.1) is 0 Å². The molecule has 5 heteroatoms. The summed E-state index contributed by atoms with van der Waals surface area (Å²) in [7, 11) is 0. The number of aromatic nitrogens is 1. The molecule has 0 amide bonds. The topological polar surface area (TPSA) is 70.4 Å². The maximum absolute atomic E-state index is 14.2. The fourth-order valence-electron chi connectivity index (χ4n) is 3.05. The van der Waals surface area contributed by atoms with Gasteiger partial charge < -0.3 is 10.2 Å². The quantitative estimate of drug-likeness (QED) is 0.888. The minimum atomic E-state index is -0.768. The van der Waals surface area contributed by atoms with Crippen LogP contribution in [0, 0.1) is 11.7 Å². The molecule has 4 nitrogen and oxygen atoms in total. The van der Waals surface area contributed by atoms with E-state index in [-0.39, 0.29) is 23.4 Å². The molecule has 0 atom stereocenters. The summed E-state index contributed by atoms with van der Waals surface area (Å²) >= 11 is 0. The van der Waals surface area contributed by atoms with Gasteiger partial charge in [0.2, 0.25) is 0 Å². The molecule has 1 fully saturated rings. The molecular weight excluding hydrogens is 273 g/mol. The molecule has 0 unspecified atom stereocenters. The highest BCUT2D eigenvalue weighted by Gasteiger charge is 2.29. The molecule has 110 valence electrons. The second-order valence-corrected chi connectivity index (χ2v) is 5.62. The van der Waals surface area contributed by atoms with Crippen LogP contribution in [0.3, 0.4) is 0 Å². The molecule has 21 heavy (non-hydrogen) atoms. The molecule has 0 saturated heterocycles. The third-order valence-corrected chi connectivity index (χ3v) is 4.24. The predicted octanol–water partition coefficient (Wildman–Crippen LogP) is 3.44. The third-order valence-electron chi connectivity index (χ3n) is 4.24. The van der Waals surface area contributed by atoms with E-state index in [2.05, 4.69) is 4.98 Å². The molecule has 1 aromatic heterocycles. The lowest BCUT2D eigenvalue weighted by molar-refractivity contribution is -0.142. The van der Waals surface area contributed by atoms with Crippen molar-refractivity contribution in [2.75, 3.05) is 0 Å². The van der Waals surface area contributed by atoms with Gasteiger partial charge in [-0.3, -0.25) is 4.79 Å². The van der Waals surface area contributed by atoms with E-state index in [9.17, 15) is 14.3 Å². The Bertz CT molecular complexity index is 693. The molecule has 2 N–H and O–H groups in total. The number of aliphatic carboxylic acids is 1. The fraction of sp³-hybridized carbons (Fsp3) is 0.375. The minimum absolute atomic E-state index is 0.0289. The molecule has 1 aromatic carbocycles. The number of fused-ring (bicyclic) bond motifs is 1. The summed E-state index contributed by atoms with van der Waals surface area (Å²) in [5, 5.41) is 19.0. The lowest BCUT2D eigenvalue weighted by Gasteiger charge is -2.26. The van der Waals surface area contributed by atoms with Crippen LogP contribution < -0.4 is 0 Å². The Morgan fingerprint density at radius 3 is 2.57 bits per heavy atom. The number of benzene rings is 1. The average molecular weight is 289 g/mol. The lowest BCUT2D eigenvalue weighted by atomic mass is 9.80. The van der Waals surface area contributed by atoms with Gasteiger partial charge in [0.15, 0.2) is 0 Å². The van der Waals surface area contributed by atoms with E-state index in [0.29, 0.717) is 42.3 Å². The van der Waals surface area contributed by atoms with Gasteiger partial charge in [0.1, 0.15) is 11.6 Å². The smallest absolute Gasteiger partial charge is 0.306 e. The van der Waals surface area contributed by atoms with Crippen molar-refractivity contribution in [3.63, 3.8) is 0 Å². The molecule has 0 radical (unpaired) electrons. The molecule has 1 saturated carbocycles. The zero-order valence-electron chi connectivity index (χ0n) is 11.4. The number of nitrogens with zero attached hydrogens (tertiary/aromatic N) is 1. The van der Waals surface area contributed by atoms with Crippen molar-refractivity contribution >= 4 is 16.9 Å². The van der Waals surface area contributed by atoms with Crippen LogP contribution in [0.25, 0.3) is 10.9 Å². The molecular formula is C16H16FNO3. The van der Waals surface area contributed by atoms with E-state index < -0.39 is 5.97 Å². The summed E-state index contributed by atoms with van der Waals surface area (Å²) in [6.45, 7) is 0. The van der Waals surface area contributed by atoms with Crippen molar-refractivity contribution in [1.29, 1.82) is 0 Å². The first-order chi connectivity index (χ1) is 10.0. The van der Waals surface area contributed by atoms with Gasteiger partial charge >= 0.3 is 5.97 Å². The number of phenolic OH excluding ortho intramolecular Hbond substituents is 1. The molecule has 2 aromatic rings. The van der Waals surface area contributed by atoms with Gasteiger partial charge in [-0.25, -0.2) is 9.37 Å². The van der Waals surface area contributed by atoms with Crippen molar-refractivity contribution in [3.05, 3.63) is 35.8 Å². The van der Waals surface area contributed by atoms with E-state index in [0.717, 1.165) is 0 Å². The SMILES string of the molecule is O=C(O)[C@H]1CC[C@H](c2nc3ccc(O)cc3cc2F)CC1. The molecule has 1 heterocycles. The van der Waals surface area contributed by atoms with E-state index in [4.69, 9.17) is 5.11 Å². The zero-order valence-corrected chi connectivity index (χ0v) is 11.4. The van der Waals surface area contributed by atoms with Crippen LogP contribution in [-0.4, -0.2) is 21.2 Å². The zero-order chi connectivity index (χ0) is 15.0. The first-order valence-corrected chi connectivity index (χ1v) is 7.06. The van der Waals surface area contributed by atoms with Crippen molar-refractivity contribution in [1.82, 2.24) is 4.98 Å². The van der Waals surface area contributed by atoms with E-state index in [1.54, 1.807) is 6.07 Å². The van der Waals surface area contributed by atoms with Crippen molar-refractivity contribution < 1.29 is 19.4 Å². The fourth-order valence-corrected chi connectivity index (χ4v) is 3.05. The summed E-state index contributed by atoms with van der Waals surface area (Å²) in [4.78, 5) is 15.3. The Hall–Kier alpha value is -2.17. The highest BCUT2D eigenvalue weighted by atomic mass is 19.1. The highest BCUT2D eigenvalue weighted by molar-refractivity contribution is 5.80. The second-order valence-electron chi connectivity index (χ2n) is 5.62. The van der Waals surface area contributed by atoms with E-state index >= 15 is 0 Å². The number of carbonyl (C=O) groups is 1. The number of hydrogen-bond donors (Lipinski definition) is 2. The Balaban J connectivity index is 1.89. The molecule has 0 spiro atoms. The highest BCUT2D eigenvalue weighted by Crippen LogP contribution is 2.37. The number of carboxylic acid groups (broad SMARTS) is 1. The van der Waals surface area contributed by atoms with Crippen molar-refractivity contribution in [3.8, 4) is 5.75 Å². The third kappa shape index (κ3) is 2.68. The number of hydrogen-bond acceptors (Lipinski definition) is 3. The summed E-state index contributed by atoms with van der Waals surface area (Å²) < 4.78 is 14.2. The van der Waals surface area contributed by atoms with Crippen LogP contribution in [-0.2, 0) is 4.79 Å². The molecule has 3 rings (SSSR count). The van der Waals surface area contributed by atoms with Crippen LogP contribution in [0.15, 0.2) is 24.3 Å². The van der Waals surface area contributed by atoms with Gasteiger partial charge in [-0.1, -0.05) is 0 Å². The molecule has 1 aliphatic carbocycles. The largest absolute Gasteiger partial charge is 0.508 e. The molecule has 0 bridgehead atoms. The monoisotopic (exact) mass is 289 g/mol. The summed E-state index contributed by atoms with van der Waals surface area (Å²) in [5.74, 6) is -1.42. The maximum Gasteiger partial charge on any atom is 0.306 e. The normalized spacial score (nSPS) is 22.3. The predicted molar refractivity (Wildman–Crippen MR) is 75.7 cm³/mol. The standard InChI is InChI=1S/C16H16FNO3/c17-13-8-11-7-12(19)5-6-14(11)18-15(13)9-1-3-10(4-2-9)16(20)21/h5-10,19H,1-4H2,(H,20,21)/t9-,10-. The average Bonchev–Trinajstić information content (AvgIpc) is 2.46. The van der Waals surface area contributed by atoms with E-state index in [1.807, 2.05) is 0 Å². The Labute approximate surface area is 121 Å². The van der Waals surface area contributed by atoms with Crippen LogP contribution in [0.4, 0.5) is 4.39 Å². The number of phenols is 1. The van der Waals surface area contributed by atoms with Gasteiger partial charge in [0, 0.05) is 11.3 Å². The van der Waals surface area contributed by atoms with Gasteiger partial charge in [-0.05, 0) is 49.9 Å². The van der Waals surface area contributed by atoms with Gasteiger partial charge in [0.25, 0.3) is 0 Å². The van der Waals surface area contributed by atoms with Crippen LogP contribution in [0.2, 0.25) is 0 Å². The van der Waals surface area contributed by atoms with Crippen molar-refractivity contribution in [2.24, 2.45) is 5.92 Å². The summed E-state index contributed by atoms with van der Waals surface area (Å²) in [5.41, 5.74) is 1.06. The van der Waals surface area contributed by atoms with Crippen molar-refractivity contribution in [2.45, 2.75) is 31.6 Å². The van der Waals surface area contributed by atoms with Crippen LogP contribution in [0.5, 0.6) is 5.75 Å². The lowest BCUT2D eigenvalue weighted by Crippen LogP contribution is -2.21. The number of halogens is 1. The second kappa shape index (κ2) is 5.31. The Morgan fingerprint density at radius 1 is 1.19 bits per heavy atom. The first-order valence-electron chi connectivity index (χ1n) is 7.06. The number of carboxylic acids is 1.